The van der Waals surface area contributed by atoms with Crippen molar-refractivity contribution in [1.29, 1.82) is 0 Å². The fraction of sp³-hybridized carbons (Fsp3) is 0.938. The number of rotatable bonds is 4. The molecule has 0 saturated carbocycles. The van der Waals surface area contributed by atoms with E-state index in [0.717, 1.165) is 32.4 Å². The van der Waals surface area contributed by atoms with Crippen LogP contribution in [0.15, 0.2) is 0 Å². The van der Waals surface area contributed by atoms with Crippen molar-refractivity contribution in [3.8, 4) is 0 Å². The number of nitrogens with one attached hydrogen (secondary N) is 2. The highest BCUT2D eigenvalue weighted by atomic mass is 16.5. The fourth-order valence-electron chi connectivity index (χ4n) is 3.65. The summed E-state index contributed by atoms with van der Waals surface area (Å²) >= 11 is 0. The van der Waals surface area contributed by atoms with E-state index < -0.39 is 0 Å². The highest BCUT2D eigenvalue weighted by Crippen LogP contribution is 2.37. The monoisotopic (exact) mass is 297 g/mol. The lowest BCUT2D eigenvalue weighted by Crippen LogP contribution is -2.52. The minimum absolute atomic E-state index is 0.0406. The lowest BCUT2D eigenvalue weighted by Gasteiger charge is -2.36. The van der Waals surface area contributed by atoms with Gasteiger partial charge in [-0.05, 0) is 47.0 Å². The van der Waals surface area contributed by atoms with Gasteiger partial charge in [-0.15, -0.1) is 0 Å². The van der Waals surface area contributed by atoms with Crippen LogP contribution in [0.5, 0.6) is 0 Å². The van der Waals surface area contributed by atoms with Gasteiger partial charge in [0, 0.05) is 32.2 Å². The van der Waals surface area contributed by atoms with Crippen molar-refractivity contribution in [1.82, 2.24) is 15.5 Å². The summed E-state index contributed by atoms with van der Waals surface area (Å²) in [6.45, 7) is 11.2. The summed E-state index contributed by atoms with van der Waals surface area (Å²) in [5.41, 5.74) is -0.149. The zero-order valence-electron chi connectivity index (χ0n) is 14.2. The van der Waals surface area contributed by atoms with Gasteiger partial charge in [0.2, 0.25) is 5.91 Å². The van der Waals surface area contributed by atoms with Gasteiger partial charge in [-0.1, -0.05) is 0 Å². The molecule has 1 atom stereocenters. The van der Waals surface area contributed by atoms with Crippen LogP contribution in [0.25, 0.3) is 0 Å². The lowest BCUT2D eigenvalue weighted by atomic mass is 9.92. The second-order valence-electron chi connectivity index (χ2n) is 7.61. The maximum atomic E-state index is 11.4. The number of amides is 1. The third-order valence-corrected chi connectivity index (χ3v) is 4.74. The smallest absolute Gasteiger partial charge is 0.233 e. The van der Waals surface area contributed by atoms with Crippen molar-refractivity contribution in [3.05, 3.63) is 0 Å². The van der Waals surface area contributed by atoms with Crippen molar-refractivity contribution in [2.75, 3.05) is 26.7 Å². The number of carbonyl (C=O) groups excluding carboxylic acids is 1. The van der Waals surface area contributed by atoms with Crippen LogP contribution >= 0.6 is 0 Å². The summed E-state index contributed by atoms with van der Waals surface area (Å²) in [5.74, 6) is 0.105. The van der Waals surface area contributed by atoms with Gasteiger partial charge in [0.25, 0.3) is 0 Å². The molecule has 122 valence electrons. The third-order valence-electron chi connectivity index (χ3n) is 4.74. The molecule has 2 N–H and O–H groups in total. The van der Waals surface area contributed by atoms with Gasteiger partial charge in [-0.2, -0.15) is 0 Å². The number of nitrogens with zero attached hydrogens (tertiary/aromatic N) is 1. The quantitative estimate of drug-likeness (QED) is 0.817. The summed E-state index contributed by atoms with van der Waals surface area (Å²) in [6.07, 6.45) is 3.26. The van der Waals surface area contributed by atoms with Crippen LogP contribution in [0.3, 0.4) is 0 Å². The number of likely N-dealkylation sites (tertiary alicyclic amines) is 1. The van der Waals surface area contributed by atoms with E-state index in [4.69, 9.17) is 4.74 Å². The summed E-state index contributed by atoms with van der Waals surface area (Å²) in [5, 5.41) is 6.49. The molecule has 21 heavy (non-hydrogen) atoms. The lowest BCUT2D eigenvalue weighted by molar-refractivity contribution is -0.122. The van der Waals surface area contributed by atoms with Gasteiger partial charge >= 0.3 is 0 Å². The van der Waals surface area contributed by atoms with Crippen molar-refractivity contribution < 1.29 is 9.53 Å². The predicted molar refractivity (Wildman–Crippen MR) is 84.3 cm³/mol. The number of hydrogen-bond donors (Lipinski definition) is 2. The summed E-state index contributed by atoms with van der Waals surface area (Å²) in [6, 6.07) is 0.940. The van der Waals surface area contributed by atoms with Crippen LogP contribution in [-0.4, -0.2) is 60.8 Å². The summed E-state index contributed by atoms with van der Waals surface area (Å²) < 4.78 is 6.15. The number of likely N-dealkylation sites (N-methyl/N-ethyl adjacent to an activating group) is 1. The highest BCUT2D eigenvalue weighted by Gasteiger charge is 2.46. The minimum Gasteiger partial charge on any atom is -0.368 e. The average Bonchev–Trinajstić information content (AvgIpc) is 2.59. The second kappa shape index (κ2) is 6.23. The van der Waals surface area contributed by atoms with Gasteiger partial charge in [0.1, 0.15) is 0 Å². The van der Waals surface area contributed by atoms with Gasteiger partial charge in [0.15, 0.2) is 0 Å². The Bertz CT molecular complexity index is 374. The van der Waals surface area contributed by atoms with E-state index in [1.807, 2.05) is 0 Å². The Morgan fingerprint density at radius 1 is 1.24 bits per heavy atom. The molecule has 0 aromatic heterocycles. The van der Waals surface area contributed by atoms with Crippen LogP contribution in [0.4, 0.5) is 0 Å². The van der Waals surface area contributed by atoms with Gasteiger partial charge < -0.3 is 15.4 Å². The molecule has 0 spiro atoms. The molecule has 0 aromatic carbocycles. The largest absolute Gasteiger partial charge is 0.368 e. The molecule has 2 rings (SSSR count). The molecule has 5 heteroatoms. The van der Waals surface area contributed by atoms with E-state index in [1.165, 1.54) is 0 Å². The summed E-state index contributed by atoms with van der Waals surface area (Å²) in [7, 11) is 1.70. The Kier molecular flexibility index (Phi) is 4.96. The van der Waals surface area contributed by atoms with Gasteiger partial charge in [-0.25, -0.2) is 0 Å². The Morgan fingerprint density at radius 2 is 1.86 bits per heavy atom. The van der Waals surface area contributed by atoms with E-state index in [9.17, 15) is 4.79 Å². The molecule has 0 aromatic rings. The molecule has 2 aliphatic rings. The second-order valence-corrected chi connectivity index (χ2v) is 7.61. The molecule has 0 bridgehead atoms. The molecule has 1 amide bonds. The first-order valence-corrected chi connectivity index (χ1v) is 8.11. The molecule has 2 aliphatic heterocycles. The molecule has 1 unspecified atom stereocenters. The van der Waals surface area contributed by atoms with Crippen molar-refractivity contribution in [3.63, 3.8) is 0 Å². The van der Waals surface area contributed by atoms with Crippen LogP contribution in [-0.2, 0) is 9.53 Å². The van der Waals surface area contributed by atoms with Crippen LogP contribution in [0.2, 0.25) is 0 Å². The van der Waals surface area contributed by atoms with Crippen molar-refractivity contribution in [2.45, 2.75) is 70.2 Å². The normalized spacial score (nSPS) is 29.5. The first-order chi connectivity index (χ1) is 9.72. The Hall–Kier alpha value is -0.650. The van der Waals surface area contributed by atoms with Gasteiger partial charge in [0.05, 0.1) is 17.7 Å². The molecule has 0 radical (unpaired) electrons. The minimum atomic E-state index is -0.108. The molecule has 5 nitrogen and oxygen atoms in total. The van der Waals surface area contributed by atoms with E-state index in [-0.39, 0.29) is 17.1 Å². The zero-order chi connectivity index (χ0) is 15.7. The van der Waals surface area contributed by atoms with Crippen molar-refractivity contribution >= 4 is 5.91 Å². The van der Waals surface area contributed by atoms with Gasteiger partial charge in [-0.3, -0.25) is 9.69 Å². The van der Waals surface area contributed by atoms with Crippen molar-refractivity contribution in [2.24, 2.45) is 0 Å². The van der Waals surface area contributed by atoms with Crippen LogP contribution in [0.1, 0.15) is 47.0 Å². The Labute approximate surface area is 128 Å². The van der Waals surface area contributed by atoms with Crippen LogP contribution < -0.4 is 10.6 Å². The average molecular weight is 297 g/mol. The maximum Gasteiger partial charge on any atom is 0.233 e. The maximum absolute atomic E-state index is 11.4. The number of piperidine rings is 1. The Balaban J connectivity index is 1.80. The molecular weight excluding hydrogens is 266 g/mol. The van der Waals surface area contributed by atoms with E-state index in [2.05, 4.69) is 43.2 Å². The van der Waals surface area contributed by atoms with Crippen LogP contribution in [0, 0.1) is 0 Å². The first-order valence-electron chi connectivity index (χ1n) is 8.11. The predicted octanol–water partition coefficient (Wildman–Crippen LogP) is 1.13. The number of carbonyl (C=O) groups is 1. The highest BCUT2D eigenvalue weighted by molar-refractivity contribution is 5.77. The first kappa shape index (κ1) is 16.7. The number of ether oxygens (including phenoxy) is 1. The van der Waals surface area contributed by atoms with E-state index >= 15 is 0 Å². The van der Waals surface area contributed by atoms with E-state index in [1.54, 1.807) is 7.05 Å². The zero-order valence-corrected chi connectivity index (χ0v) is 14.2. The number of hydrogen-bond acceptors (Lipinski definition) is 4. The third kappa shape index (κ3) is 4.41. The van der Waals surface area contributed by atoms with E-state index in [0.29, 0.717) is 18.6 Å². The topological polar surface area (TPSA) is 53.6 Å². The summed E-state index contributed by atoms with van der Waals surface area (Å²) in [4.78, 5) is 13.6. The SMILES string of the molecule is CNC(=O)CN1CCC(NC2CC(C)(C)OC2(C)C)CC1. The fourth-order valence-corrected chi connectivity index (χ4v) is 3.65. The molecule has 2 fully saturated rings. The Morgan fingerprint density at radius 3 is 2.33 bits per heavy atom. The standard InChI is InChI=1S/C16H31N3O2/c1-15(2)10-13(16(3,4)21-15)18-12-6-8-19(9-7-12)11-14(20)17-5/h12-13,18H,6-11H2,1-5H3,(H,17,20). The molecular formula is C16H31N3O2. The molecule has 2 heterocycles. The molecule has 2 saturated heterocycles. The molecule has 0 aliphatic carbocycles.